The van der Waals surface area contributed by atoms with Crippen LogP contribution < -0.4 is 5.73 Å². The Morgan fingerprint density at radius 2 is 1.77 bits per heavy atom. The Hall–Kier alpha value is -3.68. The van der Waals surface area contributed by atoms with Crippen molar-refractivity contribution in [3.8, 4) is 11.3 Å². The Kier molecular flexibility index (Phi) is 8.11. The second-order valence-corrected chi connectivity index (χ2v) is 7.28. The lowest BCUT2D eigenvalue weighted by atomic mass is 10.0. The lowest BCUT2D eigenvalue weighted by molar-refractivity contribution is -0.192. The van der Waals surface area contributed by atoms with E-state index in [0.29, 0.717) is 22.6 Å². The van der Waals surface area contributed by atoms with Crippen molar-refractivity contribution in [1.82, 2.24) is 14.4 Å². The zero-order valence-electron chi connectivity index (χ0n) is 18.5. The molecule has 0 bridgehead atoms. The molecule has 0 aromatic carbocycles. The van der Waals surface area contributed by atoms with Crippen LogP contribution in [0, 0.1) is 13.8 Å². The fraction of sp³-hybridized carbons (Fsp3) is 0.333. The number of nitrogens with zero attached hydrogens (tertiary/aromatic N) is 3. The van der Waals surface area contributed by atoms with Crippen LogP contribution in [0.3, 0.4) is 0 Å². The largest absolute Gasteiger partial charge is 0.490 e. The Morgan fingerprint density at radius 3 is 2.29 bits per heavy atom. The number of halogens is 6. The molecule has 14 heteroatoms. The molecular weight excluding hydrogens is 486 g/mol. The molecule has 0 saturated carbocycles. The van der Waals surface area contributed by atoms with Crippen molar-refractivity contribution in [2.24, 2.45) is 5.73 Å². The molecule has 0 spiro atoms. The zero-order chi connectivity index (χ0) is 26.7. The summed E-state index contributed by atoms with van der Waals surface area (Å²) in [4.78, 5) is 28.9. The predicted octanol–water partition coefficient (Wildman–Crippen LogP) is 3.71. The first-order valence-corrected chi connectivity index (χ1v) is 9.72. The number of carboxylic acids is 1. The third-order valence-corrected chi connectivity index (χ3v) is 4.84. The molecule has 0 aliphatic heterocycles. The highest BCUT2D eigenvalue weighted by molar-refractivity contribution is 5.79. The Morgan fingerprint density at radius 1 is 1.17 bits per heavy atom. The molecule has 0 saturated heterocycles. The third kappa shape index (κ3) is 6.47. The van der Waals surface area contributed by atoms with Crippen molar-refractivity contribution in [1.29, 1.82) is 0 Å². The topological polar surface area (TPSA) is 120 Å². The fourth-order valence-electron chi connectivity index (χ4n) is 3.01. The summed E-state index contributed by atoms with van der Waals surface area (Å²) in [6.07, 6.45) is -6.42. The van der Waals surface area contributed by atoms with Crippen LogP contribution in [0.4, 0.5) is 26.3 Å². The molecule has 190 valence electrons. The summed E-state index contributed by atoms with van der Waals surface area (Å²) in [6, 6.07) is 3.34. The Balaban J connectivity index is 0.000000540. The van der Waals surface area contributed by atoms with Gasteiger partial charge < -0.3 is 20.0 Å². The second-order valence-electron chi connectivity index (χ2n) is 7.28. The highest BCUT2D eigenvalue weighted by atomic mass is 19.4. The van der Waals surface area contributed by atoms with Crippen molar-refractivity contribution in [3.05, 3.63) is 53.1 Å². The summed E-state index contributed by atoms with van der Waals surface area (Å²) in [6.45, 7) is 3.25. The van der Waals surface area contributed by atoms with E-state index in [9.17, 15) is 31.1 Å². The Labute approximate surface area is 194 Å². The number of nitrogens with two attached hydrogens (primary N) is 1. The van der Waals surface area contributed by atoms with Gasteiger partial charge in [-0.2, -0.15) is 26.3 Å². The minimum absolute atomic E-state index is 0.145. The quantitative estimate of drug-likeness (QED) is 0.409. The predicted molar refractivity (Wildman–Crippen MR) is 110 cm³/mol. The van der Waals surface area contributed by atoms with Crippen LogP contribution in [-0.2, 0) is 26.9 Å². The normalized spacial score (nSPS) is 12.6. The van der Waals surface area contributed by atoms with Gasteiger partial charge in [0, 0.05) is 35.8 Å². The SMILES string of the molecule is COC(=O)[C@@H](N)Cc1ccc(-c2nc(C)c(C)cc2C(F)(F)F)c2nccn12.O=C(O)C(F)(F)F. The molecule has 35 heavy (non-hydrogen) atoms. The van der Waals surface area contributed by atoms with E-state index in [1.807, 2.05) is 0 Å². The van der Waals surface area contributed by atoms with Crippen molar-refractivity contribution in [2.45, 2.75) is 38.7 Å². The molecule has 3 aromatic rings. The summed E-state index contributed by atoms with van der Waals surface area (Å²) in [5.74, 6) is -3.33. The van der Waals surface area contributed by atoms with E-state index in [2.05, 4.69) is 14.7 Å². The van der Waals surface area contributed by atoms with E-state index in [-0.39, 0.29) is 17.7 Å². The molecule has 0 amide bonds. The number of imidazole rings is 1. The van der Waals surface area contributed by atoms with Gasteiger partial charge in [0.15, 0.2) is 0 Å². The van der Waals surface area contributed by atoms with Gasteiger partial charge in [0.25, 0.3) is 0 Å². The number of carboxylic acid groups (broad SMARTS) is 1. The molecule has 3 rings (SSSR count). The van der Waals surface area contributed by atoms with Gasteiger partial charge in [-0.1, -0.05) is 0 Å². The van der Waals surface area contributed by atoms with Gasteiger partial charge >= 0.3 is 24.3 Å². The summed E-state index contributed by atoms with van der Waals surface area (Å²) >= 11 is 0. The van der Waals surface area contributed by atoms with Gasteiger partial charge in [-0.05, 0) is 37.6 Å². The maximum absolute atomic E-state index is 13.6. The molecule has 1 atom stereocenters. The lowest BCUT2D eigenvalue weighted by Gasteiger charge is -2.17. The van der Waals surface area contributed by atoms with E-state index in [0.717, 1.165) is 6.07 Å². The van der Waals surface area contributed by atoms with Crippen LogP contribution in [-0.4, -0.2) is 50.7 Å². The van der Waals surface area contributed by atoms with Gasteiger partial charge in [0.2, 0.25) is 0 Å². The van der Waals surface area contributed by atoms with Crippen LogP contribution in [0.1, 0.15) is 22.5 Å². The van der Waals surface area contributed by atoms with E-state index in [4.69, 9.17) is 15.6 Å². The van der Waals surface area contributed by atoms with Crippen LogP contribution in [0.2, 0.25) is 0 Å². The average molecular weight is 506 g/mol. The van der Waals surface area contributed by atoms with Gasteiger partial charge in [0.1, 0.15) is 11.7 Å². The monoisotopic (exact) mass is 506 g/mol. The van der Waals surface area contributed by atoms with Crippen molar-refractivity contribution in [3.63, 3.8) is 0 Å². The summed E-state index contributed by atoms with van der Waals surface area (Å²) < 4.78 is 78.8. The number of fused-ring (bicyclic) bond motifs is 1. The maximum Gasteiger partial charge on any atom is 0.490 e. The number of aryl methyl sites for hydroxylation is 2. The number of carbonyl (C=O) groups excluding carboxylic acids is 1. The van der Waals surface area contributed by atoms with E-state index in [1.165, 1.54) is 19.4 Å². The first kappa shape index (κ1) is 27.6. The van der Waals surface area contributed by atoms with Crippen LogP contribution in [0.15, 0.2) is 30.6 Å². The molecule has 0 aliphatic rings. The van der Waals surface area contributed by atoms with Gasteiger partial charge in [-0.25, -0.2) is 9.78 Å². The molecule has 8 nitrogen and oxygen atoms in total. The summed E-state index contributed by atoms with van der Waals surface area (Å²) in [7, 11) is 1.24. The molecule has 0 aliphatic carbocycles. The molecule has 0 unspecified atom stereocenters. The van der Waals surface area contributed by atoms with E-state index >= 15 is 0 Å². The number of aromatic nitrogens is 3. The second kappa shape index (κ2) is 10.3. The number of esters is 1. The highest BCUT2D eigenvalue weighted by Crippen LogP contribution is 2.38. The molecule has 0 fully saturated rings. The molecule has 3 aromatic heterocycles. The maximum atomic E-state index is 13.6. The molecule has 3 heterocycles. The number of alkyl halides is 6. The smallest absolute Gasteiger partial charge is 0.475 e. The number of hydrogen-bond donors (Lipinski definition) is 2. The van der Waals surface area contributed by atoms with Gasteiger partial charge in [0.05, 0.1) is 18.4 Å². The molecular formula is C21H20F6N4O4. The molecule has 0 radical (unpaired) electrons. The lowest BCUT2D eigenvalue weighted by Crippen LogP contribution is -2.34. The van der Waals surface area contributed by atoms with Crippen molar-refractivity contribution >= 4 is 17.6 Å². The minimum atomic E-state index is -5.08. The third-order valence-electron chi connectivity index (χ3n) is 4.84. The zero-order valence-corrected chi connectivity index (χ0v) is 18.5. The first-order chi connectivity index (χ1) is 16.1. The van der Waals surface area contributed by atoms with Gasteiger partial charge in [-0.3, -0.25) is 9.78 Å². The minimum Gasteiger partial charge on any atom is -0.475 e. The highest BCUT2D eigenvalue weighted by Gasteiger charge is 2.38. The van der Waals surface area contributed by atoms with E-state index < -0.39 is 35.9 Å². The number of carbonyl (C=O) groups is 2. The Bertz CT molecular complexity index is 1240. The van der Waals surface area contributed by atoms with Crippen molar-refractivity contribution < 1.29 is 45.8 Å². The first-order valence-electron chi connectivity index (χ1n) is 9.72. The number of hydrogen-bond acceptors (Lipinski definition) is 6. The van der Waals surface area contributed by atoms with Gasteiger partial charge in [-0.15, -0.1) is 0 Å². The number of rotatable bonds is 4. The number of pyridine rings is 2. The number of aliphatic carboxylic acids is 1. The van der Waals surface area contributed by atoms with Crippen LogP contribution in [0.25, 0.3) is 16.9 Å². The average Bonchev–Trinajstić information content (AvgIpc) is 3.24. The number of methoxy groups -OCH3 is 1. The van der Waals surface area contributed by atoms with E-state index in [1.54, 1.807) is 30.5 Å². The fourth-order valence-corrected chi connectivity index (χ4v) is 3.01. The summed E-state index contributed by atoms with van der Waals surface area (Å²) in [5, 5.41) is 7.12. The number of ether oxygens (including phenoxy) is 1. The summed E-state index contributed by atoms with van der Waals surface area (Å²) in [5.41, 5.74) is 6.94. The van der Waals surface area contributed by atoms with Crippen molar-refractivity contribution in [2.75, 3.05) is 7.11 Å². The van der Waals surface area contributed by atoms with Crippen LogP contribution >= 0.6 is 0 Å². The molecule has 3 N–H and O–H groups in total. The standard InChI is InChI=1S/C19H19F3N4O2.C2HF3O2/c1-10-8-14(19(20,21)22)16(25-11(10)2)13-5-4-12(9-15(23)18(27)28-3)26-7-6-24-17(13)26;3-2(4,5)1(6)7/h4-8,15H,9,23H2,1-3H3;(H,6,7)/t15-;/m0./s1. The van der Waals surface area contributed by atoms with Crippen LogP contribution in [0.5, 0.6) is 0 Å².